The molecule has 0 amide bonds. The van der Waals surface area contributed by atoms with E-state index in [1.807, 2.05) is 24.3 Å². The van der Waals surface area contributed by atoms with Crippen LogP contribution >= 0.6 is 7.82 Å². The van der Waals surface area contributed by atoms with Crippen LogP contribution in [0, 0.1) is 0 Å². The van der Waals surface area contributed by atoms with Gasteiger partial charge in [0.2, 0.25) is 0 Å². The summed E-state index contributed by atoms with van der Waals surface area (Å²) in [4.78, 5) is 36.8. The van der Waals surface area contributed by atoms with E-state index in [4.69, 9.17) is 61.0 Å². The Morgan fingerprint density at radius 3 is 1.76 bits per heavy atom. The Labute approximate surface area is 374 Å². The molecule has 0 aliphatic carbocycles. The van der Waals surface area contributed by atoms with Gasteiger partial charge in [0, 0.05) is 55.3 Å². The maximum atomic E-state index is 13.5. The third-order valence-electron chi connectivity index (χ3n) is 6.26. The van der Waals surface area contributed by atoms with E-state index >= 15 is 0 Å². The van der Waals surface area contributed by atoms with Gasteiger partial charge in [-0.3, -0.25) is 18.6 Å². The number of carbonyl (C=O) groups is 2. The fourth-order valence-electron chi connectivity index (χ4n) is 3.56. The number of quaternary nitrogens is 1. The van der Waals surface area contributed by atoms with Gasteiger partial charge in [-0.15, -0.1) is 0 Å². The Morgan fingerprint density at radius 1 is 0.704 bits per heavy atom. The van der Waals surface area contributed by atoms with Gasteiger partial charge in [-0.2, -0.15) is 0 Å². The second kappa shape index (κ2) is 36.6. The minimum absolute atomic E-state index is 0.153. The van der Waals surface area contributed by atoms with E-state index in [0.29, 0.717) is 19.3 Å². The number of hydrogen-bond acceptors (Lipinski definition) is 7. The molecular formula is C44H81NO8P+. The third kappa shape index (κ3) is 39.7. The minimum Gasteiger partial charge on any atom is -0.462 e. The zero-order valence-electron chi connectivity index (χ0n) is 62.8. The van der Waals surface area contributed by atoms with Crippen LogP contribution in [0.4, 0.5) is 0 Å². The van der Waals surface area contributed by atoms with Crippen molar-refractivity contribution in [3.63, 3.8) is 0 Å². The third-order valence-corrected chi connectivity index (χ3v) is 7.25. The Kier molecular flexibility index (Phi) is 13.6. The quantitative estimate of drug-likeness (QED) is 0.0216. The molecular weight excluding hydrogens is 701 g/mol. The van der Waals surface area contributed by atoms with Crippen molar-refractivity contribution in [2.75, 3.05) is 47.5 Å². The highest BCUT2D eigenvalue weighted by Gasteiger charge is 2.27. The van der Waals surface area contributed by atoms with E-state index < -0.39 is 135 Å². The summed E-state index contributed by atoms with van der Waals surface area (Å²) in [6.45, 7) is -4.75. The molecule has 0 saturated heterocycles. The molecule has 0 aliphatic rings. The van der Waals surface area contributed by atoms with Gasteiger partial charge in [-0.1, -0.05) is 152 Å². The summed E-state index contributed by atoms with van der Waals surface area (Å²) in [7, 11) is 0.148. The Balaban J connectivity index is 6.86. The van der Waals surface area contributed by atoms with Crippen LogP contribution in [0.25, 0.3) is 0 Å². The van der Waals surface area contributed by atoms with Gasteiger partial charge in [-0.05, 0) is 51.3 Å². The van der Waals surface area contributed by atoms with Crippen LogP contribution in [-0.4, -0.2) is 74.9 Å². The summed E-state index contributed by atoms with van der Waals surface area (Å²) in [5.41, 5.74) is 0. The fourth-order valence-corrected chi connectivity index (χ4v) is 4.30. The van der Waals surface area contributed by atoms with E-state index in [2.05, 4.69) is 25.2 Å². The first-order chi connectivity index (χ1) is 37.7. The van der Waals surface area contributed by atoms with Crippen LogP contribution in [0.3, 0.4) is 0 Å². The number of esters is 2. The lowest BCUT2D eigenvalue weighted by Crippen LogP contribution is -2.37. The van der Waals surface area contributed by atoms with Gasteiger partial charge in [0.05, 0.1) is 27.7 Å². The standard InChI is InChI=1S/C44H80NO8P/c1-6-8-10-12-14-16-18-20-21-22-23-25-27-29-31-33-35-37-44(47)53-42(41-52-54(48,49)51-39-38-45(3,4)5)40-50-43(46)36-34-32-30-28-26-24-19-17-15-13-11-9-7-2/h14,16,20-21,23,25,29,31,42H,6-13,15,17-19,22,24,26-28,30,32-41H2,1-5H3/p+1/b16-14-,21-20-,25-23-,31-29-/t42-/m1/s1/i2D3,7D2,9D2,11D2,13D2,15D2,17D2,19D2,24D2,26D2,28D2,30D2,32D2,34D2,36D2. The molecule has 0 aliphatic heterocycles. The van der Waals surface area contributed by atoms with Crippen molar-refractivity contribution in [3.8, 4) is 0 Å². The molecule has 0 fully saturated rings. The SMILES string of the molecule is [2H]C([2H])([2H])C([2H])([2H])C([2H])([2H])C([2H])([2H])C([2H])([2H])C([2H])([2H])C([2H])([2H])C([2H])([2H])C([2H])([2H])C([2H])([2H])C([2H])([2H])C([2H])([2H])C([2H])([2H])C([2H])([2H])C([2H])([2H])C(=O)OC[C@H](COP(=O)(O)OCC[N+](C)(C)C)OC(=O)CCC/C=C\C/C=C\C/C=C\C/C=C\CCCCC. The number of likely N-dealkylation sites (N-methyl/N-ethyl adjacent to an activating group) is 1. The number of nitrogens with zero attached hydrogens (tertiary/aromatic N) is 1. The van der Waals surface area contributed by atoms with E-state index in [1.54, 1.807) is 27.2 Å². The number of carbonyl (C=O) groups excluding carboxylic acids is 2. The molecule has 2 atom stereocenters. The van der Waals surface area contributed by atoms with Gasteiger partial charge in [0.15, 0.2) is 6.10 Å². The van der Waals surface area contributed by atoms with Crippen LogP contribution in [0.1, 0.15) is 210 Å². The zero-order chi connectivity index (χ0) is 67.6. The summed E-state index contributed by atoms with van der Waals surface area (Å²) in [5, 5.41) is 0. The first-order valence-electron chi connectivity index (χ1n) is 33.1. The molecule has 0 aromatic rings. The first kappa shape index (κ1) is 20.1. The summed E-state index contributed by atoms with van der Waals surface area (Å²) < 4.78 is 287. The van der Waals surface area contributed by atoms with Crippen molar-refractivity contribution >= 4 is 19.8 Å². The Bertz CT molecular complexity index is 2350. The number of rotatable bonds is 38. The average molecular weight is 814 g/mol. The van der Waals surface area contributed by atoms with Gasteiger partial charge in [0.25, 0.3) is 0 Å². The van der Waals surface area contributed by atoms with Crippen molar-refractivity contribution in [1.29, 1.82) is 0 Å². The first-order valence-corrected chi connectivity index (χ1v) is 19.0. The highest BCUT2D eigenvalue weighted by Crippen LogP contribution is 2.43. The summed E-state index contributed by atoms with van der Waals surface area (Å²) in [6, 6.07) is 0. The summed E-state index contributed by atoms with van der Waals surface area (Å²) in [6.07, 6.45) is -49.3. The highest BCUT2D eigenvalue weighted by molar-refractivity contribution is 7.47. The van der Waals surface area contributed by atoms with E-state index in [0.717, 1.165) is 25.7 Å². The summed E-state index contributed by atoms with van der Waals surface area (Å²) in [5.74, 6) is -3.55. The minimum atomic E-state index is -5.25. The van der Waals surface area contributed by atoms with Crippen molar-refractivity contribution < 1.29 is 84.5 Å². The normalized spacial score (nSPS) is 26.6. The number of phosphoric acid groups is 1. The molecule has 0 aromatic carbocycles. The van der Waals surface area contributed by atoms with Gasteiger partial charge in [0.1, 0.15) is 19.8 Å². The van der Waals surface area contributed by atoms with Crippen LogP contribution in [0.5, 0.6) is 0 Å². The number of ether oxygens (including phenoxy) is 2. The molecule has 0 radical (unpaired) electrons. The van der Waals surface area contributed by atoms with Crippen LogP contribution < -0.4 is 0 Å². The summed E-state index contributed by atoms with van der Waals surface area (Å²) >= 11 is 0. The highest BCUT2D eigenvalue weighted by atomic mass is 31.2. The van der Waals surface area contributed by atoms with Crippen LogP contribution in [0.15, 0.2) is 48.6 Å². The smallest absolute Gasteiger partial charge is 0.462 e. The molecule has 0 rings (SSSR count). The molecule has 9 nitrogen and oxygen atoms in total. The molecule has 54 heavy (non-hydrogen) atoms. The largest absolute Gasteiger partial charge is 0.472 e. The van der Waals surface area contributed by atoms with Crippen molar-refractivity contribution in [3.05, 3.63) is 48.6 Å². The van der Waals surface area contributed by atoms with Crippen molar-refractivity contribution in [2.45, 2.75) is 173 Å². The predicted molar refractivity (Wildman–Crippen MR) is 224 cm³/mol. The van der Waals surface area contributed by atoms with E-state index in [-0.39, 0.29) is 30.5 Å². The van der Waals surface area contributed by atoms with Gasteiger partial charge < -0.3 is 18.9 Å². The second-order valence-corrected chi connectivity index (χ2v) is 13.5. The lowest BCUT2D eigenvalue weighted by atomic mass is 10.0. The molecule has 0 saturated carbocycles. The molecule has 1 unspecified atom stereocenters. The lowest BCUT2D eigenvalue weighted by molar-refractivity contribution is -0.870. The van der Waals surface area contributed by atoms with E-state index in [9.17, 15) is 19.0 Å². The second-order valence-electron chi connectivity index (χ2n) is 12.1. The Hall–Kier alpha value is -2.03. The molecule has 1 N–H and O–H groups in total. The molecule has 0 aromatic heterocycles. The van der Waals surface area contributed by atoms with Crippen molar-refractivity contribution in [2.24, 2.45) is 0 Å². The number of phosphoric ester groups is 1. The molecule has 314 valence electrons. The topological polar surface area (TPSA) is 108 Å². The van der Waals surface area contributed by atoms with E-state index in [1.165, 1.54) is 6.42 Å². The van der Waals surface area contributed by atoms with Crippen LogP contribution in [0.2, 0.25) is 0 Å². The zero-order valence-corrected chi connectivity index (χ0v) is 32.7. The predicted octanol–water partition coefficient (Wildman–Crippen LogP) is 11.9. The maximum absolute atomic E-state index is 13.5. The molecule has 0 spiro atoms. The van der Waals surface area contributed by atoms with Crippen molar-refractivity contribution in [1.82, 2.24) is 0 Å². The number of allylic oxidation sites excluding steroid dienone is 8. The fraction of sp³-hybridized carbons (Fsp3) is 0.773. The monoisotopic (exact) mass is 814 g/mol. The lowest BCUT2D eigenvalue weighted by Gasteiger charge is -2.24. The van der Waals surface area contributed by atoms with Gasteiger partial charge >= 0.3 is 19.8 Å². The Morgan fingerprint density at radius 2 is 1.22 bits per heavy atom. The molecule has 10 heteroatoms. The molecule has 0 heterocycles. The maximum Gasteiger partial charge on any atom is 0.472 e. The number of unbranched alkanes of at least 4 members (excludes halogenated alkanes) is 4. The average Bonchev–Trinajstić information content (AvgIpc) is 0.716. The van der Waals surface area contributed by atoms with Gasteiger partial charge in [-0.25, -0.2) is 4.57 Å². The van der Waals surface area contributed by atoms with Crippen LogP contribution in [-0.2, 0) is 32.7 Å². The molecule has 0 bridgehead atoms. The number of hydrogen-bond donors (Lipinski definition) is 1.